The summed E-state index contributed by atoms with van der Waals surface area (Å²) < 4.78 is 18.8. The maximum absolute atomic E-state index is 6.87. The van der Waals surface area contributed by atoms with E-state index in [2.05, 4.69) is 204 Å². The molecule has 61 heavy (non-hydrogen) atoms. The molecule has 0 N–H and O–H groups in total. The van der Waals surface area contributed by atoms with Crippen molar-refractivity contribution in [3.63, 3.8) is 0 Å². The lowest BCUT2D eigenvalue weighted by Crippen LogP contribution is -2.57. The smallest absolute Gasteiger partial charge is 0.260 e. The third-order valence-corrected chi connectivity index (χ3v) is 14.6. The highest BCUT2D eigenvalue weighted by Gasteiger charge is 2.40. The van der Waals surface area contributed by atoms with E-state index in [0.29, 0.717) is 0 Å². The SMILES string of the molecule is c1ccc(N(c2ccc3c(c2)Oc2cccc4c2B3c2ccc(N(c3ccccc3)c3cccc5c3sc3ccccc35)cc2O4)c2cccc3c2sc2ccccc23)cc1. The molecule has 0 atom stereocenters. The lowest BCUT2D eigenvalue weighted by Gasteiger charge is -2.34. The van der Waals surface area contributed by atoms with Gasteiger partial charge in [0.1, 0.15) is 23.0 Å². The van der Waals surface area contributed by atoms with Crippen molar-refractivity contribution in [1.82, 2.24) is 0 Å². The molecule has 11 aromatic rings. The molecule has 4 nitrogen and oxygen atoms in total. The average Bonchev–Trinajstić information content (AvgIpc) is 3.89. The number of ether oxygens (including phenoxy) is 2. The van der Waals surface area contributed by atoms with Gasteiger partial charge in [-0.15, -0.1) is 22.7 Å². The van der Waals surface area contributed by atoms with Crippen LogP contribution >= 0.6 is 22.7 Å². The summed E-state index contributed by atoms with van der Waals surface area (Å²) >= 11 is 3.69. The zero-order valence-corrected chi connectivity index (χ0v) is 34.3. The maximum atomic E-state index is 6.87. The van der Waals surface area contributed by atoms with Crippen LogP contribution in [0.25, 0.3) is 40.3 Å². The number of nitrogens with zero attached hydrogens (tertiary/aromatic N) is 2. The van der Waals surface area contributed by atoms with Crippen molar-refractivity contribution in [2.45, 2.75) is 0 Å². The summed E-state index contributed by atoms with van der Waals surface area (Å²) in [7, 11) is 0. The van der Waals surface area contributed by atoms with Crippen LogP contribution in [0.3, 0.4) is 0 Å². The molecule has 2 aliphatic rings. The fourth-order valence-corrected chi connectivity index (χ4v) is 11.9. The van der Waals surface area contributed by atoms with E-state index in [9.17, 15) is 0 Å². The van der Waals surface area contributed by atoms with Crippen LogP contribution in [-0.4, -0.2) is 6.71 Å². The second-order valence-corrected chi connectivity index (χ2v) is 17.7. The number of rotatable bonds is 6. The van der Waals surface area contributed by atoms with Crippen molar-refractivity contribution in [3.8, 4) is 23.0 Å². The van der Waals surface area contributed by atoms with E-state index < -0.39 is 0 Å². The molecule has 0 fully saturated rings. The molecule has 0 amide bonds. The second-order valence-electron chi connectivity index (χ2n) is 15.6. The molecular formula is C54H33BN2O2S2. The first-order valence-electron chi connectivity index (χ1n) is 20.5. The van der Waals surface area contributed by atoms with Crippen molar-refractivity contribution < 1.29 is 9.47 Å². The van der Waals surface area contributed by atoms with Crippen molar-refractivity contribution in [2.24, 2.45) is 0 Å². The fourth-order valence-electron chi connectivity index (χ4n) is 9.51. The first kappa shape index (κ1) is 34.5. The zero-order chi connectivity index (χ0) is 40.0. The van der Waals surface area contributed by atoms with E-state index in [-0.39, 0.29) is 6.71 Å². The predicted octanol–water partition coefficient (Wildman–Crippen LogP) is 14.1. The second kappa shape index (κ2) is 13.6. The van der Waals surface area contributed by atoms with Crippen LogP contribution in [0.15, 0.2) is 200 Å². The molecule has 0 aliphatic carbocycles. The first-order valence-corrected chi connectivity index (χ1v) is 22.2. The van der Waals surface area contributed by atoms with Gasteiger partial charge in [0, 0.05) is 71.3 Å². The van der Waals surface area contributed by atoms with Crippen LogP contribution in [0.5, 0.6) is 23.0 Å². The van der Waals surface area contributed by atoms with Crippen LogP contribution in [0.2, 0.25) is 0 Å². The highest BCUT2D eigenvalue weighted by Crippen LogP contribution is 2.48. The number of hydrogen-bond donors (Lipinski definition) is 0. The van der Waals surface area contributed by atoms with Gasteiger partial charge in [0.05, 0.1) is 20.8 Å². The topological polar surface area (TPSA) is 24.9 Å². The van der Waals surface area contributed by atoms with Gasteiger partial charge in [-0.3, -0.25) is 0 Å². The number of benzene rings is 9. The Morgan fingerprint density at radius 2 is 0.770 bits per heavy atom. The molecule has 2 aromatic heterocycles. The first-order chi connectivity index (χ1) is 30.2. The number of anilines is 6. The van der Waals surface area contributed by atoms with Gasteiger partial charge in [0.25, 0.3) is 6.71 Å². The van der Waals surface area contributed by atoms with Gasteiger partial charge < -0.3 is 19.3 Å². The van der Waals surface area contributed by atoms with Gasteiger partial charge >= 0.3 is 0 Å². The Morgan fingerprint density at radius 1 is 0.344 bits per heavy atom. The molecule has 0 saturated carbocycles. The quantitative estimate of drug-likeness (QED) is 0.156. The van der Waals surface area contributed by atoms with Crippen LogP contribution < -0.4 is 35.7 Å². The molecule has 13 rings (SSSR count). The van der Waals surface area contributed by atoms with Gasteiger partial charge in [-0.05, 0) is 83.7 Å². The van der Waals surface area contributed by atoms with E-state index >= 15 is 0 Å². The molecule has 4 heterocycles. The Labute approximate surface area is 360 Å². The van der Waals surface area contributed by atoms with Gasteiger partial charge in [0.15, 0.2) is 0 Å². The van der Waals surface area contributed by atoms with Gasteiger partial charge in [-0.25, -0.2) is 0 Å². The summed E-state index contributed by atoms with van der Waals surface area (Å²) in [5.74, 6) is 3.33. The van der Waals surface area contributed by atoms with E-state index in [0.717, 1.165) is 73.5 Å². The van der Waals surface area contributed by atoms with Crippen molar-refractivity contribution in [1.29, 1.82) is 0 Å². The fraction of sp³-hybridized carbons (Fsp3) is 0. The molecule has 0 unspecified atom stereocenters. The minimum atomic E-state index is -0.0748. The molecule has 0 saturated heterocycles. The van der Waals surface area contributed by atoms with Gasteiger partial charge in [-0.1, -0.05) is 115 Å². The van der Waals surface area contributed by atoms with Crippen LogP contribution in [0, 0.1) is 0 Å². The van der Waals surface area contributed by atoms with Gasteiger partial charge in [-0.2, -0.15) is 0 Å². The van der Waals surface area contributed by atoms with E-state index in [1.165, 1.54) is 40.3 Å². The normalized spacial score (nSPS) is 12.5. The molecule has 286 valence electrons. The molecule has 9 aromatic carbocycles. The highest BCUT2D eigenvalue weighted by molar-refractivity contribution is 7.26. The van der Waals surface area contributed by atoms with E-state index in [1.54, 1.807) is 0 Å². The van der Waals surface area contributed by atoms with Crippen molar-refractivity contribution in [3.05, 3.63) is 200 Å². The lowest BCUT2D eigenvalue weighted by molar-refractivity contribution is 0.464. The minimum absolute atomic E-state index is 0.0748. The zero-order valence-electron chi connectivity index (χ0n) is 32.7. The molecule has 7 heteroatoms. The Bertz CT molecular complexity index is 3300. The Hall–Kier alpha value is -7.32. The Kier molecular flexibility index (Phi) is 7.71. The standard InChI is InChI=1S/C54H33BN2O2S2/c1-3-14-34(15-4-1)56(44-22-11-20-40-38-18-7-9-26-50(38)60-53(40)44)36-28-30-42-48(32-36)58-46-24-13-25-47-52(46)55(42)43-31-29-37(33-49(43)59-47)57(35-16-5-2-6-17-35)45-23-12-21-41-39-19-8-10-27-51(39)61-54(41)45/h1-33H. The minimum Gasteiger partial charge on any atom is -0.458 e. The summed E-state index contributed by atoms with van der Waals surface area (Å²) in [6.45, 7) is -0.0748. The molecular weight excluding hydrogens is 784 g/mol. The predicted molar refractivity (Wildman–Crippen MR) is 259 cm³/mol. The Morgan fingerprint density at radius 3 is 1.26 bits per heavy atom. The number of para-hydroxylation sites is 2. The Balaban J connectivity index is 0.957. The largest absolute Gasteiger partial charge is 0.458 e. The van der Waals surface area contributed by atoms with Gasteiger partial charge in [0.2, 0.25) is 0 Å². The van der Waals surface area contributed by atoms with Crippen LogP contribution in [0.1, 0.15) is 0 Å². The number of hydrogen-bond acceptors (Lipinski definition) is 6. The van der Waals surface area contributed by atoms with Crippen molar-refractivity contribution >= 4 is 120 Å². The number of thiophene rings is 2. The summed E-state index contributed by atoms with van der Waals surface area (Å²) in [5.41, 5.74) is 9.81. The number of fused-ring (bicyclic) bond motifs is 10. The summed E-state index contributed by atoms with van der Waals surface area (Å²) in [6, 6.07) is 71.6. The van der Waals surface area contributed by atoms with E-state index in [4.69, 9.17) is 9.47 Å². The highest BCUT2D eigenvalue weighted by atomic mass is 32.1. The monoisotopic (exact) mass is 816 g/mol. The third-order valence-electron chi connectivity index (χ3n) is 12.2. The third kappa shape index (κ3) is 5.37. The average molecular weight is 817 g/mol. The molecule has 0 bridgehead atoms. The lowest BCUT2D eigenvalue weighted by atomic mass is 9.35. The summed E-state index contributed by atoms with van der Waals surface area (Å²) in [4.78, 5) is 4.74. The maximum Gasteiger partial charge on any atom is 0.260 e. The summed E-state index contributed by atoms with van der Waals surface area (Å²) in [6.07, 6.45) is 0. The van der Waals surface area contributed by atoms with Crippen molar-refractivity contribution in [2.75, 3.05) is 9.80 Å². The molecule has 0 radical (unpaired) electrons. The van der Waals surface area contributed by atoms with E-state index in [1.807, 2.05) is 28.7 Å². The summed E-state index contributed by atoms with van der Waals surface area (Å²) in [5, 5.41) is 5.09. The molecule has 2 aliphatic heterocycles. The van der Waals surface area contributed by atoms with Crippen LogP contribution in [-0.2, 0) is 0 Å². The van der Waals surface area contributed by atoms with Crippen LogP contribution in [0.4, 0.5) is 34.1 Å². The molecule has 0 spiro atoms.